The molecule has 0 radical (unpaired) electrons. The van der Waals surface area contributed by atoms with Gasteiger partial charge in [0.1, 0.15) is 18.1 Å². The standard InChI is InChI=1S/C24H24N2O5/c1-15-21(16(2)31-26-15)14-29-20-12-8-18(9-13-20)24(28)30-22(17-6-4-3-5-7-17)23(27)25-19-10-11-19/h3-9,12-13,19,22H,10-11,14H2,1-2H3,(H,25,27). The number of hydrogen-bond acceptors (Lipinski definition) is 6. The smallest absolute Gasteiger partial charge is 0.339 e. The molecule has 1 amide bonds. The maximum absolute atomic E-state index is 12.7. The zero-order valence-electron chi connectivity index (χ0n) is 17.5. The number of carbonyl (C=O) groups excluding carboxylic acids is 2. The summed E-state index contributed by atoms with van der Waals surface area (Å²) in [6.45, 7) is 4.01. The maximum atomic E-state index is 12.7. The quantitative estimate of drug-likeness (QED) is 0.553. The minimum Gasteiger partial charge on any atom is -0.489 e. The monoisotopic (exact) mass is 420 g/mol. The molecule has 7 nitrogen and oxygen atoms in total. The highest BCUT2D eigenvalue weighted by Gasteiger charge is 2.31. The molecule has 2 aromatic carbocycles. The van der Waals surface area contributed by atoms with E-state index >= 15 is 0 Å². The molecule has 4 rings (SSSR count). The minimum absolute atomic E-state index is 0.173. The Morgan fingerprint density at radius 2 is 1.81 bits per heavy atom. The molecule has 0 bridgehead atoms. The van der Waals surface area contributed by atoms with Crippen molar-refractivity contribution in [2.24, 2.45) is 0 Å². The van der Waals surface area contributed by atoms with Gasteiger partial charge in [-0.2, -0.15) is 0 Å². The number of aromatic nitrogens is 1. The van der Waals surface area contributed by atoms with E-state index in [-0.39, 0.29) is 11.9 Å². The van der Waals surface area contributed by atoms with Crippen LogP contribution in [0.5, 0.6) is 5.75 Å². The van der Waals surface area contributed by atoms with Crippen LogP contribution >= 0.6 is 0 Å². The number of esters is 1. The first-order valence-electron chi connectivity index (χ1n) is 10.2. The molecule has 160 valence electrons. The molecule has 0 spiro atoms. The molecule has 3 aromatic rings. The van der Waals surface area contributed by atoms with Crippen molar-refractivity contribution in [3.63, 3.8) is 0 Å². The normalized spacial score (nSPS) is 14.0. The van der Waals surface area contributed by atoms with Crippen molar-refractivity contribution in [2.75, 3.05) is 0 Å². The van der Waals surface area contributed by atoms with Crippen LogP contribution in [0.1, 0.15) is 51.9 Å². The van der Waals surface area contributed by atoms with Gasteiger partial charge in [0.15, 0.2) is 0 Å². The topological polar surface area (TPSA) is 90.7 Å². The highest BCUT2D eigenvalue weighted by molar-refractivity contribution is 5.93. The summed E-state index contributed by atoms with van der Waals surface area (Å²) < 4.78 is 16.5. The van der Waals surface area contributed by atoms with Gasteiger partial charge >= 0.3 is 5.97 Å². The number of ether oxygens (including phenoxy) is 2. The minimum atomic E-state index is -0.996. The number of nitrogens with zero attached hydrogens (tertiary/aromatic N) is 1. The van der Waals surface area contributed by atoms with Gasteiger partial charge in [0.25, 0.3) is 5.91 Å². The van der Waals surface area contributed by atoms with Gasteiger partial charge in [0.05, 0.1) is 16.8 Å². The molecular formula is C24H24N2O5. The number of rotatable bonds is 8. The number of nitrogens with one attached hydrogen (secondary N) is 1. The lowest BCUT2D eigenvalue weighted by Crippen LogP contribution is -2.33. The van der Waals surface area contributed by atoms with Gasteiger partial charge in [-0.05, 0) is 51.0 Å². The lowest BCUT2D eigenvalue weighted by Gasteiger charge is -2.18. The molecule has 1 aromatic heterocycles. The Kier molecular flexibility index (Phi) is 6.02. The van der Waals surface area contributed by atoms with Crippen molar-refractivity contribution in [3.8, 4) is 5.75 Å². The zero-order valence-corrected chi connectivity index (χ0v) is 17.5. The summed E-state index contributed by atoms with van der Waals surface area (Å²) in [5.74, 6) is 0.440. The molecule has 1 N–H and O–H groups in total. The molecule has 1 unspecified atom stereocenters. The molecule has 31 heavy (non-hydrogen) atoms. The Bertz CT molecular complexity index is 1040. The molecule has 0 aliphatic heterocycles. The number of amides is 1. The third-order valence-corrected chi connectivity index (χ3v) is 5.14. The highest BCUT2D eigenvalue weighted by atomic mass is 16.5. The van der Waals surface area contributed by atoms with Gasteiger partial charge in [-0.15, -0.1) is 0 Å². The largest absolute Gasteiger partial charge is 0.489 e. The van der Waals surface area contributed by atoms with E-state index in [1.807, 2.05) is 32.0 Å². The summed E-state index contributed by atoms with van der Waals surface area (Å²) in [7, 11) is 0. The van der Waals surface area contributed by atoms with Crippen molar-refractivity contribution in [2.45, 2.75) is 45.4 Å². The fourth-order valence-electron chi connectivity index (χ4n) is 3.13. The number of benzene rings is 2. The maximum Gasteiger partial charge on any atom is 0.339 e. The van der Waals surface area contributed by atoms with Crippen molar-refractivity contribution < 1.29 is 23.6 Å². The van der Waals surface area contributed by atoms with Gasteiger partial charge in [0.2, 0.25) is 6.10 Å². The van der Waals surface area contributed by atoms with Gasteiger partial charge in [-0.25, -0.2) is 4.79 Å². The van der Waals surface area contributed by atoms with Crippen LogP contribution in [0.25, 0.3) is 0 Å². The first-order valence-corrected chi connectivity index (χ1v) is 10.2. The molecule has 1 aliphatic rings. The van der Waals surface area contributed by atoms with Crippen LogP contribution in [0.4, 0.5) is 0 Å². The van der Waals surface area contributed by atoms with Gasteiger partial charge in [-0.3, -0.25) is 4.79 Å². The number of carbonyl (C=O) groups is 2. The molecule has 1 aliphatic carbocycles. The van der Waals surface area contributed by atoms with E-state index < -0.39 is 12.1 Å². The Morgan fingerprint density at radius 1 is 1.10 bits per heavy atom. The average molecular weight is 420 g/mol. The fourth-order valence-corrected chi connectivity index (χ4v) is 3.13. The molecule has 7 heteroatoms. The first-order chi connectivity index (χ1) is 15.0. The van der Waals surface area contributed by atoms with Crippen molar-refractivity contribution >= 4 is 11.9 Å². The number of aryl methyl sites for hydroxylation is 2. The van der Waals surface area contributed by atoms with E-state index in [4.69, 9.17) is 14.0 Å². The van der Waals surface area contributed by atoms with E-state index in [1.54, 1.807) is 36.4 Å². The van der Waals surface area contributed by atoms with Crippen molar-refractivity contribution in [1.29, 1.82) is 0 Å². The average Bonchev–Trinajstić information content (AvgIpc) is 3.54. The van der Waals surface area contributed by atoms with Gasteiger partial charge in [0, 0.05) is 11.6 Å². The summed E-state index contributed by atoms with van der Waals surface area (Å²) in [5.41, 5.74) is 2.66. The van der Waals surface area contributed by atoms with Crippen LogP contribution < -0.4 is 10.1 Å². The lowest BCUT2D eigenvalue weighted by molar-refractivity contribution is -0.130. The fraction of sp³-hybridized carbons (Fsp3) is 0.292. The predicted octanol–water partition coefficient (Wildman–Crippen LogP) is 4.05. The van der Waals surface area contributed by atoms with Crippen LogP contribution in [0, 0.1) is 13.8 Å². The second kappa shape index (κ2) is 9.04. The van der Waals surface area contributed by atoms with Crippen molar-refractivity contribution in [3.05, 3.63) is 82.7 Å². The summed E-state index contributed by atoms with van der Waals surface area (Å²) >= 11 is 0. The van der Waals surface area contributed by atoms with Gasteiger partial charge in [-0.1, -0.05) is 35.5 Å². The summed E-state index contributed by atoms with van der Waals surface area (Å²) in [5, 5.41) is 6.81. The van der Waals surface area contributed by atoms with Crippen LogP contribution in [0.2, 0.25) is 0 Å². The SMILES string of the molecule is Cc1noc(C)c1COc1ccc(C(=O)OC(C(=O)NC2CC2)c2ccccc2)cc1. The Morgan fingerprint density at radius 3 is 2.42 bits per heavy atom. The van der Waals surface area contributed by atoms with E-state index in [2.05, 4.69) is 10.5 Å². The van der Waals surface area contributed by atoms with E-state index in [0.29, 0.717) is 29.2 Å². The highest BCUT2D eigenvalue weighted by Crippen LogP contribution is 2.25. The van der Waals surface area contributed by atoms with Crippen LogP contribution in [0.15, 0.2) is 59.1 Å². The molecule has 1 fully saturated rings. The lowest BCUT2D eigenvalue weighted by atomic mass is 10.1. The van der Waals surface area contributed by atoms with E-state index in [9.17, 15) is 9.59 Å². The Hall–Kier alpha value is -3.61. The predicted molar refractivity (Wildman–Crippen MR) is 113 cm³/mol. The molecule has 0 saturated heterocycles. The molecule has 1 heterocycles. The Balaban J connectivity index is 1.42. The summed E-state index contributed by atoms with van der Waals surface area (Å²) in [6.07, 6.45) is 0.914. The molecular weight excluding hydrogens is 396 g/mol. The first kappa shape index (κ1) is 20.7. The third-order valence-electron chi connectivity index (χ3n) is 5.14. The Labute approximate surface area is 180 Å². The van der Waals surface area contributed by atoms with Crippen LogP contribution in [-0.2, 0) is 16.1 Å². The summed E-state index contributed by atoms with van der Waals surface area (Å²) in [6, 6.07) is 15.8. The van der Waals surface area contributed by atoms with E-state index in [0.717, 1.165) is 24.1 Å². The number of hydrogen-bond donors (Lipinski definition) is 1. The second-order valence-corrected chi connectivity index (χ2v) is 7.59. The van der Waals surface area contributed by atoms with Gasteiger partial charge < -0.3 is 19.3 Å². The molecule has 1 saturated carbocycles. The zero-order chi connectivity index (χ0) is 21.8. The molecule has 1 atom stereocenters. The van der Waals surface area contributed by atoms with Crippen LogP contribution in [-0.4, -0.2) is 23.1 Å². The van der Waals surface area contributed by atoms with E-state index in [1.165, 1.54) is 0 Å². The van der Waals surface area contributed by atoms with Crippen LogP contribution in [0.3, 0.4) is 0 Å². The summed E-state index contributed by atoms with van der Waals surface area (Å²) in [4.78, 5) is 25.4. The van der Waals surface area contributed by atoms with Crippen molar-refractivity contribution in [1.82, 2.24) is 10.5 Å². The third kappa shape index (κ3) is 5.12. The second-order valence-electron chi connectivity index (χ2n) is 7.59.